The van der Waals surface area contributed by atoms with Crippen molar-refractivity contribution >= 4 is 33.2 Å². The first kappa shape index (κ1) is 16.2. The van der Waals surface area contributed by atoms with Gasteiger partial charge in [-0.05, 0) is 47.6 Å². The van der Waals surface area contributed by atoms with Crippen molar-refractivity contribution in [2.75, 3.05) is 13.6 Å². The standard InChI is InChI=1S/C16H19BrN2OS/c1-12(13-6-4-3-5-7-13)18-16(20)11-19(2)10-14-8-9-15(17)21-14/h3-9,12H,10-11H2,1-2H3,(H,18,20)/t12-/m0/s1. The van der Waals surface area contributed by atoms with Crippen LogP contribution in [0.2, 0.25) is 0 Å². The molecule has 0 unspecified atom stereocenters. The fourth-order valence-corrected chi connectivity index (χ4v) is 3.68. The number of halogens is 1. The lowest BCUT2D eigenvalue weighted by Gasteiger charge is -2.18. The van der Waals surface area contributed by atoms with Gasteiger partial charge >= 0.3 is 0 Å². The molecule has 2 rings (SSSR count). The predicted octanol–water partition coefficient (Wildman–Crippen LogP) is 3.82. The van der Waals surface area contributed by atoms with E-state index in [4.69, 9.17) is 0 Å². The van der Waals surface area contributed by atoms with Gasteiger partial charge < -0.3 is 5.32 Å². The molecule has 0 spiro atoms. The maximum absolute atomic E-state index is 12.1. The second-order valence-electron chi connectivity index (χ2n) is 5.08. The highest BCUT2D eigenvalue weighted by atomic mass is 79.9. The third-order valence-corrected chi connectivity index (χ3v) is 4.75. The predicted molar refractivity (Wildman–Crippen MR) is 91.4 cm³/mol. The van der Waals surface area contributed by atoms with Crippen LogP contribution >= 0.6 is 27.3 Å². The summed E-state index contributed by atoms with van der Waals surface area (Å²) in [6, 6.07) is 14.1. The fraction of sp³-hybridized carbons (Fsp3) is 0.312. The molecule has 5 heteroatoms. The number of rotatable bonds is 6. The van der Waals surface area contributed by atoms with Gasteiger partial charge in [-0.2, -0.15) is 0 Å². The van der Waals surface area contributed by atoms with E-state index in [1.165, 1.54) is 4.88 Å². The average molecular weight is 367 g/mol. The minimum absolute atomic E-state index is 0.0305. The Morgan fingerprint density at radius 3 is 2.62 bits per heavy atom. The summed E-state index contributed by atoms with van der Waals surface area (Å²) in [4.78, 5) is 15.3. The number of carbonyl (C=O) groups excluding carboxylic acids is 1. The number of carbonyl (C=O) groups is 1. The summed E-state index contributed by atoms with van der Waals surface area (Å²) in [7, 11) is 1.96. The highest BCUT2D eigenvalue weighted by Crippen LogP contribution is 2.22. The van der Waals surface area contributed by atoms with Gasteiger partial charge in [-0.3, -0.25) is 9.69 Å². The van der Waals surface area contributed by atoms with Gasteiger partial charge in [0.05, 0.1) is 16.4 Å². The second kappa shape index (κ2) is 7.73. The maximum Gasteiger partial charge on any atom is 0.234 e. The van der Waals surface area contributed by atoms with Crippen LogP contribution in [0.15, 0.2) is 46.3 Å². The van der Waals surface area contributed by atoms with Crippen molar-refractivity contribution in [3.63, 3.8) is 0 Å². The molecule has 0 aliphatic rings. The lowest BCUT2D eigenvalue weighted by molar-refractivity contribution is -0.122. The molecular formula is C16H19BrN2OS. The minimum Gasteiger partial charge on any atom is -0.348 e. The van der Waals surface area contributed by atoms with Gasteiger partial charge in [0.1, 0.15) is 0 Å². The zero-order valence-corrected chi connectivity index (χ0v) is 14.6. The van der Waals surface area contributed by atoms with Crippen LogP contribution in [0.25, 0.3) is 0 Å². The van der Waals surface area contributed by atoms with E-state index < -0.39 is 0 Å². The number of thiophene rings is 1. The Morgan fingerprint density at radius 2 is 2.00 bits per heavy atom. The number of hydrogen-bond acceptors (Lipinski definition) is 3. The van der Waals surface area contributed by atoms with Gasteiger partial charge in [0.25, 0.3) is 0 Å². The summed E-state index contributed by atoms with van der Waals surface area (Å²) in [6.45, 7) is 3.18. The number of nitrogens with zero attached hydrogens (tertiary/aromatic N) is 1. The van der Waals surface area contributed by atoms with E-state index in [1.807, 2.05) is 55.3 Å². The maximum atomic E-state index is 12.1. The Hall–Kier alpha value is -1.17. The van der Waals surface area contributed by atoms with Crippen LogP contribution in [0.5, 0.6) is 0 Å². The van der Waals surface area contributed by atoms with Crippen molar-refractivity contribution in [3.8, 4) is 0 Å². The quantitative estimate of drug-likeness (QED) is 0.842. The highest BCUT2D eigenvalue weighted by molar-refractivity contribution is 9.11. The third kappa shape index (κ3) is 5.26. The molecule has 1 aromatic carbocycles. The SMILES string of the molecule is C[C@H](NC(=O)CN(C)Cc1ccc(Br)s1)c1ccccc1. The molecule has 2 aromatic rings. The molecule has 0 saturated heterocycles. The van der Waals surface area contributed by atoms with E-state index in [9.17, 15) is 4.79 Å². The molecule has 21 heavy (non-hydrogen) atoms. The topological polar surface area (TPSA) is 32.3 Å². The molecule has 1 atom stereocenters. The molecule has 1 N–H and O–H groups in total. The molecule has 0 radical (unpaired) electrons. The Morgan fingerprint density at radius 1 is 1.29 bits per heavy atom. The first-order valence-corrected chi connectivity index (χ1v) is 8.42. The normalized spacial score (nSPS) is 12.4. The molecule has 0 fully saturated rings. The molecule has 1 heterocycles. The van der Waals surface area contributed by atoms with E-state index in [0.717, 1.165) is 15.9 Å². The van der Waals surface area contributed by atoms with Crippen LogP contribution in [-0.2, 0) is 11.3 Å². The monoisotopic (exact) mass is 366 g/mol. The van der Waals surface area contributed by atoms with Crippen LogP contribution in [0, 0.1) is 0 Å². The largest absolute Gasteiger partial charge is 0.348 e. The Balaban J connectivity index is 1.81. The van der Waals surface area contributed by atoms with Crippen molar-refractivity contribution < 1.29 is 4.79 Å². The zero-order chi connectivity index (χ0) is 15.2. The van der Waals surface area contributed by atoms with Crippen molar-refractivity contribution in [1.82, 2.24) is 10.2 Å². The smallest absolute Gasteiger partial charge is 0.234 e. The molecule has 0 aliphatic carbocycles. The Labute approximate surface area is 138 Å². The van der Waals surface area contributed by atoms with Gasteiger partial charge in [0.2, 0.25) is 5.91 Å². The third-order valence-electron chi connectivity index (χ3n) is 3.15. The Bertz CT molecular complexity index is 585. The second-order valence-corrected chi connectivity index (χ2v) is 7.63. The van der Waals surface area contributed by atoms with E-state index in [-0.39, 0.29) is 11.9 Å². The Kier molecular flexibility index (Phi) is 5.96. The summed E-state index contributed by atoms with van der Waals surface area (Å²) in [5.41, 5.74) is 1.12. The highest BCUT2D eigenvalue weighted by Gasteiger charge is 2.12. The van der Waals surface area contributed by atoms with Crippen LogP contribution in [0.4, 0.5) is 0 Å². The van der Waals surface area contributed by atoms with E-state index in [2.05, 4.69) is 27.3 Å². The lowest BCUT2D eigenvalue weighted by atomic mass is 10.1. The summed E-state index contributed by atoms with van der Waals surface area (Å²) in [6.07, 6.45) is 0. The van der Waals surface area contributed by atoms with Gasteiger partial charge in [-0.1, -0.05) is 30.3 Å². The lowest BCUT2D eigenvalue weighted by Crippen LogP contribution is -2.36. The summed E-state index contributed by atoms with van der Waals surface area (Å²) in [5.74, 6) is 0.0458. The van der Waals surface area contributed by atoms with Crippen molar-refractivity contribution in [3.05, 3.63) is 56.7 Å². The molecule has 0 saturated carbocycles. The number of amides is 1. The summed E-state index contributed by atoms with van der Waals surface area (Å²) >= 11 is 5.15. The average Bonchev–Trinajstić information content (AvgIpc) is 2.84. The number of likely N-dealkylation sites (N-methyl/N-ethyl adjacent to an activating group) is 1. The first-order valence-electron chi connectivity index (χ1n) is 6.81. The first-order chi connectivity index (χ1) is 10.0. The number of nitrogens with one attached hydrogen (secondary N) is 1. The molecule has 3 nitrogen and oxygen atoms in total. The van der Waals surface area contributed by atoms with E-state index in [1.54, 1.807) is 11.3 Å². The van der Waals surface area contributed by atoms with Crippen LogP contribution in [0.3, 0.4) is 0 Å². The summed E-state index contributed by atoms with van der Waals surface area (Å²) < 4.78 is 1.12. The van der Waals surface area contributed by atoms with Crippen molar-refractivity contribution in [2.24, 2.45) is 0 Å². The molecule has 0 aliphatic heterocycles. The van der Waals surface area contributed by atoms with E-state index >= 15 is 0 Å². The zero-order valence-electron chi connectivity index (χ0n) is 12.2. The van der Waals surface area contributed by atoms with Gasteiger partial charge in [0.15, 0.2) is 0 Å². The van der Waals surface area contributed by atoms with Gasteiger partial charge in [0, 0.05) is 11.4 Å². The number of hydrogen-bond donors (Lipinski definition) is 1. The number of benzene rings is 1. The molecule has 1 aromatic heterocycles. The molecule has 112 valence electrons. The van der Waals surface area contributed by atoms with Crippen LogP contribution < -0.4 is 5.32 Å². The van der Waals surface area contributed by atoms with Gasteiger partial charge in [-0.25, -0.2) is 0 Å². The molecule has 1 amide bonds. The van der Waals surface area contributed by atoms with E-state index in [0.29, 0.717) is 6.54 Å². The van der Waals surface area contributed by atoms with Crippen molar-refractivity contribution in [1.29, 1.82) is 0 Å². The fourth-order valence-electron chi connectivity index (χ4n) is 2.12. The van der Waals surface area contributed by atoms with Crippen molar-refractivity contribution in [2.45, 2.75) is 19.5 Å². The summed E-state index contributed by atoms with van der Waals surface area (Å²) in [5, 5.41) is 3.03. The van der Waals surface area contributed by atoms with Gasteiger partial charge in [-0.15, -0.1) is 11.3 Å². The molecular weight excluding hydrogens is 348 g/mol. The minimum atomic E-state index is 0.0305. The molecule has 0 bridgehead atoms. The van der Waals surface area contributed by atoms with Crippen LogP contribution in [-0.4, -0.2) is 24.4 Å². The van der Waals surface area contributed by atoms with Crippen LogP contribution in [0.1, 0.15) is 23.4 Å².